The number of rotatable bonds is 1. The summed E-state index contributed by atoms with van der Waals surface area (Å²) in [5.74, 6) is 0. The third-order valence-electron chi connectivity index (χ3n) is 1.08. The van der Waals surface area contributed by atoms with Gasteiger partial charge in [0.25, 0.3) is 0 Å². The van der Waals surface area contributed by atoms with Crippen LogP contribution in [0.3, 0.4) is 0 Å². The molecule has 10 heavy (non-hydrogen) atoms. The van der Waals surface area contributed by atoms with Crippen LogP contribution in [-0.2, 0) is 0 Å². The first kappa shape index (κ1) is 7.12. The van der Waals surface area contributed by atoms with Crippen molar-refractivity contribution in [3.8, 4) is 0 Å². The summed E-state index contributed by atoms with van der Waals surface area (Å²) in [5, 5.41) is 0. The molecule has 54 valence electrons. The van der Waals surface area contributed by atoms with Crippen molar-refractivity contribution in [2.24, 2.45) is 0 Å². The minimum absolute atomic E-state index is 0.602. The summed E-state index contributed by atoms with van der Waals surface area (Å²) in [7, 11) is 0. The largest absolute Gasteiger partial charge is 0.509 e. The molecule has 0 spiro atoms. The molecule has 0 aromatic carbocycles. The van der Waals surface area contributed by atoms with Crippen molar-refractivity contribution in [2.45, 2.75) is 0 Å². The van der Waals surface area contributed by atoms with E-state index in [2.05, 4.69) is 4.98 Å². The van der Waals surface area contributed by atoms with E-state index in [1.165, 1.54) is 0 Å². The van der Waals surface area contributed by atoms with Gasteiger partial charge in [0.2, 0.25) is 0 Å². The summed E-state index contributed by atoms with van der Waals surface area (Å²) in [6.45, 7) is -4.84. The predicted molar refractivity (Wildman–Crippen MR) is 32.9 cm³/mol. The number of hydrogen-bond acceptors (Lipinski definition) is 1. The van der Waals surface area contributed by atoms with E-state index in [1.54, 1.807) is 0 Å². The number of halogens is 3. The summed E-state index contributed by atoms with van der Waals surface area (Å²) in [5.41, 5.74) is -0.602. The lowest BCUT2D eigenvalue weighted by Crippen LogP contribution is -2.33. The summed E-state index contributed by atoms with van der Waals surface area (Å²) in [6, 6.07) is 1.92. The molecule has 0 N–H and O–H groups in total. The van der Waals surface area contributed by atoms with Crippen LogP contribution in [0.25, 0.3) is 0 Å². The molecule has 1 nitrogen and oxygen atoms in total. The summed E-state index contributed by atoms with van der Waals surface area (Å²) in [6.07, 6.45) is 2.26. The van der Waals surface area contributed by atoms with Gasteiger partial charge in [-0.2, -0.15) is 0 Å². The smallest absolute Gasteiger partial charge is 0.445 e. The molecule has 1 aromatic rings. The summed E-state index contributed by atoms with van der Waals surface area (Å²) in [4.78, 5) is 3.47. The molecule has 0 atom stereocenters. The van der Waals surface area contributed by atoms with Gasteiger partial charge in [0.15, 0.2) is 0 Å². The van der Waals surface area contributed by atoms with Gasteiger partial charge in [0.05, 0.1) is 0 Å². The van der Waals surface area contributed by atoms with E-state index in [9.17, 15) is 12.9 Å². The van der Waals surface area contributed by atoms with Crippen LogP contribution in [0.1, 0.15) is 0 Å². The standard InChI is InChI=1S/C5H4BF3N/c7-6(8,9)5-1-3-10-4-2-5/h1-4H/q-1. The van der Waals surface area contributed by atoms with Gasteiger partial charge in [-0.1, -0.05) is 12.1 Å². The minimum atomic E-state index is -4.84. The molecule has 0 saturated heterocycles. The van der Waals surface area contributed by atoms with Crippen molar-refractivity contribution in [1.82, 2.24) is 4.98 Å². The lowest BCUT2D eigenvalue weighted by atomic mass is 9.81. The van der Waals surface area contributed by atoms with Gasteiger partial charge >= 0.3 is 6.98 Å². The van der Waals surface area contributed by atoms with E-state index in [0.29, 0.717) is 0 Å². The van der Waals surface area contributed by atoms with Crippen LogP contribution in [0.15, 0.2) is 24.5 Å². The SMILES string of the molecule is F[B-](F)(F)c1ccncc1. The first-order chi connectivity index (χ1) is 4.61. The average molecular weight is 146 g/mol. The second-order valence-corrected chi connectivity index (χ2v) is 1.86. The average Bonchev–Trinajstić information content (AvgIpc) is 1.88. The zero-order chi connectivity index (χ0) is 7.61. The minimum Gasteiger partial charge on any atom is -0.445 e. The Morgan fingerprint density at radius 1 is 1.10 bits per heavy atom. The molecule has 0 fully saturated rings. The molecule has 1 rings (SSSR count). The lowest BCUT2D eigenvalue weighted by Gasteiger charge is -2.12. The normalized spacial score (nSPS) is 11.5. The third-order valence-corrected chi connectivity index (χ3v) is 1.08. The van der Waals surface area contributed by atoms with Crippen molar-refractivity contribution in [3.63, 3.8) is 0 Å². The van der Waals surface area contributed by atoms with Gasteiger partial charge in [-0.15, -0.1) is 5.46 Å². The third kappa shape index (κ3) is 1.49. The van der Waals surface area contributed by atoms with Crippen molar-refractivity contribution in [3.05, 3.63) is 24.5 Å². The molecule has 0 unspecified atom stereocenters. The molecule has 0 aliphatic heterocycles. The first-order valence-electron chi connectivity index (χ1n) is 2.70. The topological polar surface area (TPSA) is 12.9 Å². The van der Waals surface area contributed by atoms with Crippen molar-refractivity contribution in [1.29, 1.82) is 0 Å². The van der Waals surface area contributed by atoms with Crippen molar-refractivity contribution >= 4 is 12.4 Å². The van der Waals surface area contributed by atoms with Crippen LogP contribution in [0.2, 0.25) is 0 Å². The highest BCUT2D eigenvalue weighted by Gasteiger charge is 2.24. The van der Waals surface area contributed by atoms with E-state index >= 15 is 0 Å². The second kappa shape index (κ2) is 2.32. The maximum absolute atomic E-state index is 11.8. The van der Waals surface area contributed by atoms with Crippen LogP contribution in [0, 0.1) is 0 Å². The Bertz CT molecular complexity index is 208. The van der Waals surface area contributed by atoms with Gasteiger partial charge < -0.3 is 12.9 Å². The quantitative estimate of drug-likeness (QED) is 0.541. The van der Waals surface area contributed by atoms with Gasteiger partial charge in [0.1, 0.15) is 0 Å². The molecule has 5 heteroatoms. The molecule has 0 radical (unpaired) electrons. The van der Waals surface area contributed by atoms with Crippen LogP contribution in [0.5, 0.6) is 0 Å². The first-order valence-corrected chi connectivity index (χ1v) is 2.70. The van der Waals surface area contributed by atoms with Crippen molar-refractivity contribution in [2.75, 3.05) is 0 Å². The monoisotopic (exact) mass is 146 g/mol. The number of hydrogen-bond donors (Lipinski definition) is 0. The highest BCUT2D eigenvalue weighted by Crippen LogP contribution is 2.06. The van der Waals surface area contributed by atoms with Crippen LogP contribution < -0.4 is 5.46 Å². The molecule has 0 bridgehead atoms. The maximum Gasteiger partial charge on any atom is 0.509 e. The van der Waals surface area contributed by atoms with Gasteiger partial charge in [0, 0.05) is 12.4 Å². The highest BCUT2D eigenvalue weighted by molar-refractivity contribution is 6.73. The molecule has 0 aliphatic rings. The van der Waals surface area contributed by atoms with Crippen molar-refractivity contribution < 1.29 is 12.9 Å². The molecule has 1 aromatic heterocycles. The fraction of sp³-hybridized carbons (Fsp3) is 0. The molecule has 0 amide bonds. The van der Waals surface area contributed by atoms with E-state index < -0.39 is 12.4 Å². The Morgan fingerprint density at radius 3 is 1.90 bits per heavy atom. The second-order valence-electron chi connectivity index (χ2n) is 1.86. The van der Waals surface area contributed by atoms with E-state index in [0.717, 1.165) is 24.5 Å². The fourth-order valence-corrected chi connectivity index (χ4v) is 0.582. The molecule has 0 saturated carbocycles. The Hall–Kier alpha value is -0.995. The van der Waals surface area contributed by atoms with Crippen LogP contribution >= 0.6 is 0 Å². The zero-order valence-corrected chi connectivity index (χ0v) is 4.97. The Labute approximate surface area is 56.0 Å². The molecular formula is C5H4BF3N-. The molecule has 0 aliphatic carbocycles. The molecular weight excluding hydrogens is 142 g/mol. The summed E-state index contributed by atoms with van der Waals surface area (Å²) < 4.78 is 35.5. The number of nitrogens with zero attached hydrogens (tertiary/aromatic N) is 1. The Morgan fingerprint density at radius 2 is 1.60 bits per heavy atom. The van der Waals surface area contributed by atoms with Crippen LogP contribution in [0.4, 0.5) is 12.9 Å². The number of aromatic nitrogens is 1. The Kier molecular flexibility index (Phi) is 1.65. The summed E-state index contributed by atoms with van der Waals surface area (Å²) >= 11 is 0. The van der Waals surface area contributed by atoms with Crippen LogP contribution in [-0.4, -0.2) is 12.0 Å². The van der Waals surface area contributed by atoms with E-state index in [4.69, 9.17) is 0 Å². The highest BCUT2D eigenvalue weighted by atomic mass is 19.4. The fourth-order valence-electron chi connectivity index (χ4n) is 0.582. The Balaban J connectivity index is 2.97. The molecule has 1 heterocycles. The number of pyridine rings is 1. The zero-order valence-electron chi connectivity index (χ0n) is 4.97. The lowest BCUT2D eigenvalue weighted by molar-refractivity contribution is 0.501. The maximum atomic E-state index is 11.8. The van der Waals surface area contributed by atoms with Gasteiger partial charge in [-0.3, -0.25) is 4.98 Å². The van der Waals surface area contributed by atoms with E-state index in [-0.39, 0.29) is 0 Å². The predicted octanol–water partition coefficient (Wildman–Crippen LogP) is 1.14. The van der Waals surface area contributed by atoms with Gasteiger partial charge in [-0.05, 0) is 0 Å². The van der Waals surface area contributed by atoms with E-state index in [1.807, 2.05) is 0 Å². The van der Waals surface area contributed by atoms with Gasteiger partial charge in [-0.25, -0.2) is 0 Å².